The highest BCUT2D eigenvalue weighted by molar-refractivity contribution is 6.34. The van der Waals surface area contributed by atoms with Gasteiger partial charge in [0.25, 0.3) is 11.6 Å². The van der Waals surface area contributed by atoms with Crippen molar-refractivity contribution in [1.29, 1.82) is 0 Å². The van der Waals surface area contributed by atoms with E-state index >= 15 is 0 Å². The summed E-state index contributed by atoms with van der Waals surface area (Å²) in [5.41, 5.74) is 1.60. The largest absolute Gasteiger partial charge is 0.368 e. The Balaban J connectivity index is 1.58. The Hall–Kier alpha value is -3.13. The number of hydrogen-bond acceptors (Lipinski definition) is 5. The fourth-order valence-electron chi connectivity index (χ4n) is 3.45. The predicted octanol–water partition coefficient (Wildman–Crippen LogP) is 4.20. The van der Waals surface area contributed by atoms with Gasteiger partial charge in [-0.3, -0.25) is 19.7 Å². The molecule has 2 aromatic rings. The van der Waals surface area contributed by atoms with E-state index in [1.165, 1.54) is 12.1 Å². The SMILES string of the molecule is CC(C)CC(=O)N1CCN(c2ccc(NC(=O)c3ccc([N+](=O)[O-])cc3Cl)cc2)CC1. The van der Waals surface area contributed by atoms with E-state index in [2.05, 4.69) is 10.2 Å². The molecule has 1 heterocycles. The first-order valence-corrected chi connectivity index (χ1v) is 10.5. The van der Waals surface area contributed by atoms with Crippen molar-refractivity contribution in [2.75, 3.05) is 36.4 Å². The Bertz CT molecular complexity index is 970. The molecule has 1 aliphatic rings. The number of amides is 2. The first kappa shape index (κ1) is 22.6. The minimum Gasteiger partial charge on any atom is -0.368 e. The molecule has 3 rings (SSSR count). The van der Waals surface area contributed by atoms with Crippen LogP contribution in [0.1, 0.15) is 30.6 Å². The molecule has 0 unspecified atom stereocenters. The number of hydrogen-bond donors (Lipinski definition) is 1. The van der Waals surface area contributed by atoms with Gasteiger partial charge in [0, 0.05) is 56.1 Å². The number of benzene rings is 2. The highest BCUT2D eigenvalue weighted by atomic mass is 35.5. The fraction of sp³-hybridized carbons (Fsp3) is 0.364. The molecule has 1 saturated heterocycles. The van der Waals surface area contributed by atoms with Crippen LogP contribution in [0.4, 0.5) is 17.1 Å². The lowest BCUT2D eigenvalue weighted by molar-refractivity contribution is -0.384. The van der Waals surface area contributed by atoms with Gasteiger partial charge in [0.05, 0.1) is 15.5 Å². The number of carbonyl (C=O) groups excluding carboxylic acids is 2. The quantitative estimate of drug-likeness (QED) is 0.532. The molecule has 0 bridgehead atoms. The van der Waals surface area contributed by atoms with Crippen molar-refractivity contribution in [3.8, 4) is 0 Å². The van der Waals surface area contributed by atoms with Crippen LogP contribution in [-0.2, 0) is 4.79 Å². The summed E-state index contributed by atoms with van der Waals surface area (Å²) in [6, 6.07) is 11.2. The monoisotopic (exact) mass is 444 g/mol. The van der Waals surface area contributed by atoms with Gasteiger partial charge in [0.1, 0.15) is 0 Å². The van der Waals surface area contributed by atoms with Gasteiger partial charge in [-0.15, -0.1) is 0 Å². The number of nitrogens with one attached hydrogen (secondary N) is 1. The third-order valence-corrected chi connectivity index (χ3v) is 5.43. The van der Waals surface area contributed by atoms with Crippen molar-refractivity contribution in [2.24, 2.45) is 5.92 Å². The number of anilines is 2. The molecule has 1 N–H and O–H groups in total. The Morgan fingerprint density at radius 3 is 2.29 bits per heavy atom. The third-order valence-electron chi connectivity index (χ3n) is 5.11. The number of nitro groups is 1. The van der Waals surface area contributed by atoms with Crippen molar-refractivity contribution < 1.29 is 14.5 Å². The molecule has 8 nitrogen and oxygen atoms in total. The van der Waals surface area contributed by atoms with E-state index in [9.17, 15) is 19.7 Å². The van der Waals surface area contributed by atoms with E-state index in [1.54, 1.807) is 12.1 Å². The van der Waals surface area contributed by atoms with Crippen molar-refractivity contribution >= 4 is 40.5 Å². The summed E-state index contributed by atoms with van der Waals surface area (Å²) < 4.78 is 0. The summed E-state index contributed by atoms with van der Waals surface area (Å²) in [6.45, 7) is 7.00. The van der Waals surface area contributed by atoms with Crippen molar-refractivity contribution in [3.05, 3.63) is 63.2 Å². The van der Waals surface area contributed by atoms with E-state index < -0.39 is 10.8 Å². The van der Waals surface area contributed by atoms with Crippen LogP contribution in [0, 0.1) is 16.0 Å². The summed E-state index contributed by atoms with van der Waals surface area (Å²) in [5, 5.41) is 13.6. The number of rotatable bonds is 6. The molecule has 0 aromatic heterocycles. The summed E-state index contributed by atoms with van der Waals surface area (Å²) in [5.74, 6) is 0.122. The Morgan fingerprint density at radius 1 is 1.10 bits per heavy atom. The predicted molar refractivity (Wildman–Crippen MR) is 121 cm³/mol. The maximum absolute atomic E-state index is 12.5. The summed E-state index contributed by atoms with van der Waals surface area (Å²) >= 11 is 6.02. The molecule has 0 spiro atoms. The number of halogens is 1. The van der Waals surface area contributed by atoms with Crippen LogP contribution < -0.4 is 10.2 Å². The van der Waals surface area contributed by atoms with E-state index in [1.807, 2.05) is 30.9 Å². The van der Waals surface area contributed by atoms with E-state index in [-0.39, 0.29) is 22.2 Å². The van der Waals surface area contributed by atoms with Crippen LogP contribution >= 0.6 is 11.6 Å². The van der Waals surface area contributed by atoms with E-state index in [0.717, 1.165) is 24.8 Å². The molecule has 0 saturated carbocycles. The van der Waals surface area contributed by atoms with Crippen LogP contribution in [0.3, 0.4) is 0 Å². The Morgan fingerprint density at radius 2 is 1.74 bits per heavy atom. The second-order valence-electron chi connectivity index (χ2n) is 7.89. The molecule has 31 heavy (non-hydrogen) atoms. The number of non-ortho nitro benzene ring substituents is 1. The normalized spacial score (nSPS) is 13.9. The minimum absolute atomic E-state index is 0.0215. The summed E-state index contributed by atoms with van der Waals surface area (Å²) in [7, 11) is 0. The lowest BCUT2D eigenvalue weighted by atomic mass is 10.1. The second-order valence-corrected chi connectivity index (χ2v) is 8.30. The molecule has 9 heteroatoms. The number of nitro benzene ring substituents is 1. The molecule has 2 aromatic carbocycles. The lowest BCUT2D eigenvalue weighted by Crippen LogP contribution is -2.49. The smallest absolute Gasteiger partial charge is 0.270 e. The van der Waals surface area contributed by atoms with Crippen molar-refractivity contribution in [2.45, 2.75) is 20.3 Å². The maximum atomic E-state index is 12.5. The highest BCUT2D eigenvalue weighted by Crippen LogP contribution is 2.24. The first-order chi connectivity index (χ1) is 14.7. The van der Waals surface area contributed by atoms with Gasteiger partial charge in [0.2, 0.25) is 5.91 Å². The molecular formula is C22H25ClN4O4. The third kappa shape index (κ3) is 5.73. The van der Waals surface area contributed by atoms with Gasteiger partial charge in [0.15, 0.2) is 0 Å². The average molecular weight is 445 g/mol. The van der Waals surface area contributed by atoms with Crippen LogP contribution in [0.15, 0.2) is 42.5 Å². The van der Waals surface area contributed by atoms with Crippen LogP contribution in [-0.4, -0.2) is 47.8 Å². The molecule has 0 radical (unpaired) electrons. The summed E-state index contributed by atoms with van der Waals surface area (Å²) in [6.07, 6.45) is 0.577. The molecule has 2 amide bonds. The van der Waals surface area contributed by atoms with Crippen LogP contribution in [0.5, 0.6) is 0 Å². The molecule has 164 valence electrons. The number of piperazine rings is 1. The first-order valence-electron chi connectivity index (χ1n) is 10.1. The second kappa shape index (κ2) is 9.78. The van der Waals surface area contributed by atoms with Crippen molar-refractivity contribution in [3.63, 3.8) is 0 Å². The van der Waals surface area contributed by atoms with Gasteiger partial charge in [-0.05, 0) is 36.2 Å². The Labute approximate surface area is 185 Å². The fourth-order valence-corrected chi connectivity index (χ4v) is 3.71. The van der Waals surface area contributed by atoms with Crippen molar-refractivity contribution in [1.82, 2.24) is 4.90 Å². The molecule has 0 atom stereocenters. The van der Waals surface area contributed by atoms with Gasteiger partial charge in [-0.2, -0.15) is 0 Å². The van der Waals surface area contributed by atoms with E-state index in [4.69, 9.17) is 11.6 Å². The highest BCUT2D eigenvalue weighted by Gasteiger charge is 2.22. The van der Waals surface area contributed by atoms with E-state index in [0.29, 0.717) is 31.1 Å². The lowest BCUT2D eigenvalue weighted by Gasteiger charge is -2.36. The number of nitrogens with zero attached hydrogens (tertiary/aromatic N) is 3. The standard InChI is InChI=1S/C22H25ClN4O4/c1-15(2)13-21(28)26-11-9-25(10-12-26)17-5-3-16(4-6-17)24-22(29)19-8-7-18(27(30)31)14-20(19)23/h3-8,14-15H,9-13H2,1-2H3,(H,24,29). The zero-order valence-corrected chi connectivity index (χ0v) is 18.3. The number of carbonyl (C=O) groups is 2. The Kier molecular flexibility index (Phi) is 7.12. The topological polar surface area (TPSA) is 95.8 Å². The van der Waals surface area contributed by atoms with Crippen LogP contribution in [0.2, 0.25) is 5.02 Å². The summed E-state index contributed by atoms with van der Waals surface area (Å²) in [4.78, 5) is 39.0. The molecule has 0 aliphatic carbocycles. The molecular weight excluding hydrogens is 420 g/mol. The van der Waals surface area contributed by atoms with Gasteiger partial charge in [-0.25, -0.2) is 0 Å². The minimum atomic E-state index is -0.563. The van der Waals surface area contributed by atoms with Crippen LogP contribution in [0.25, 0.3) is 0 Å². The van der Waals surface area contributed by atoms with Gasteiger partial charge < -0.3 is 15.1 Å². The average Bonchev–Trinajstić information content (AvgIpc) is 2.73. The molecule has 1 fully saturated rings. The molecule has 1 aliphatic heterocycles. The zero-order valence-electron chi connectivity index (χ0n) is 17.5. The van der Waals surface area contributed by atoms with Gasteiger partial charge in [-0.1, -0.05) is 25.4 Å². The zero-order chi connectivity index (χ0) is 22.5. The van der Waals surface area contributed by atoms with Gasteiger partial charge >= 0.3 is 0 Å². The maximum Gasteiger partial charge on any atom is 0.270 e.